The summed E-state index contributed by atoms with van der Waals surface area (Å²) >= 11 is 0. The number of aliphatic hydroxyl groups excluding tert-OH is 4. The van der Waals surface area contributed by atoms with E-state index in [0.717, 1.165) is 30.9 Å². The van der Waals surface area contributed by atoms with E-state index in [9.17, 15) is 63.1 Å². The highest BCUT2D eigenvalue weighted by Gasteiger charge is 2.53. The van der Waals surface area contributed by atoms with Crippen LogP contribution in [0, 0.1) is 0 Å². The predicted molar refractivity (Wildman–Crippen MR) is 195 cm³/mol. The number of anilines is 1. The zero-order valence-electron chi connectivity index (χ0n) is 30.9. The van der Waals surface area contributed by atoms with E-state index in [1.807, 2.05) is 9.97 Å². The summed E-state index contributed by atoms with van der Waals surface area (Å²) in [5, 5.41) is 43.7. The van der Waals surface area contributed by atoms with Crippen LogP contribution in [0.3, 0.4) is 0 Å². The van der Waals surface area contributed by atoms with E-state index < -0.39 is 140 Å². The van der Waals surface area contributed by atoms with Crippen molar-refractivity contribution < 1.29 is 85.6 Å². The van der Waals surface area contributed by atoms with Gasteiger partial charge in [0.05, 0.1) is 19.5 Å². The molecule has 7 rings (SSSR count). The van der Waals surface area contributed by atoms with Crippen LogP contribution in [0.1, 0.15) is 18.7 Å². The predicted octanol–water partition coefficient (Wildman–Crippen LogP) is -4.68. The van der Waals surface area contributed by atoms with Crippen molar-refractivity contribution in [3.8, 4) is 0 Å². The fourth-order valence-electron chi connectivity index (χ4n) is 6.68. The van der Waals surface area contributed by atoms with Gasteiger partial charge >= 0.3 is 35.3 Å². The first-order valence-corrected chi connectivity index (χ1v) is 21.7. The van der Waals surface area contributed by atoms with Gasteiger partial charge in [0, 0.05) is 29.1 Å². The maximum Gasteiger partial charge on any atom is 0.694 e. The summed E-state index contributed by atoms with van der Waals surface area (Å²) in [4.78, 5) is 94.7. The van der Waals surface area contributed by atoms with Crippen LogP contribution in [0.25, 0.3) is 11.2 Å². The quantitative estimate of drug-likeness (QED) is 0.0472. The zero-order valence-corrected chi connectivity index (χ0v) is 33.6. The average Bonchev–Trinajstić information content (AvgIpc) is 3.92. The van der Waals surface area contributed by atoms with Gasteiger partial charge in [0.25, 0.3) is 11.1 Å². The third kappa shape index (κ3) is 9.60. The molecule has 62 heavy (non-hydrogen) atoms. The van der Waals surface area contributed by atoms with Gasteiger partial charge in [-0.3, -0.25) is 51.4 Å². The number of aromatic nitrogens is 8. The highest BCUT2D eigenvalue weighted by molar-refractivity contribution is 7.47. The number of rotatable bonds is 16. The van der Waals surface area contributed by atoms with Crippen molar-refractivity contribution in [1.82, 2.24) is 38.6 Å². The molecule has 0 radical (unpaired) electrons. The number of ether oxygens (including phenoxy) is 3. The first-order chi connectivity index (χ1) is 29.2. The maximum absolute atomic E-state index is 13.4. The third-order valence-corrected chi connectivity index (χ3v) is 11.9. The minimum atomic E-state index is -5.51. The van der Waals surface area contributed by atoms with Crippen LogP contribution in [-0.2, 0) is 50.5 Å². The van der Waals surface area contributed by atoms with Gasteiger partial charge in [0.15, 0.2) is 30.1 Å². The molecule has 31 nitrogen and oxygen atoms in total. The third-order valence-electron chi connectivity index (χ3n) is 9.53. The number of phosphoric ester groups is 2. The molecule has 0 aromatic carbocycles. The molecule has 15 atom stereocenters. The second-order valence-electron chi connectivity index (χ2n) is 13.5. The smallest absolute Gasteiger partial charge is 0.387 e. The molecule has 338 valence electrons. The van der Waals surface area contributed by atoms with Gasteiger partial charge in [-0.1, -0.05) is 0 Å². The second-order valence-corrected chi connectivity index (χ2v) is 17.0. The van der Waals surface area contributed by atoms with Crippen molar-refractivity contribution >= 4 is 40.9 Å². The van der Waals surface area contributed by atoms with Crippen molar-refractivity contribution in [2.45, 2.75) is 73.6 Å². The van der Waals surface area contributed by atoms with Crippen LogP contribution >= 0.6 is 23.9 Å². The minimum absolute atomic E-state index is 0.000443. The van der Waals surface area contributed by atoms with Crippen LogP contribution in [0.4, 0.5) is 5.82 Å². The summed E-state index contributed by atoms with van der Waals surface area (Å²) in [5.41, 5.74) is 2.13. The van der Waals surface area contributed by atoms with E-state index in [4.69, 9.17) is 42.9 Å². The molecule has 0 bridgehead atoms. The average molecular weight is 943 g/mol. The van der Waals surface area contributed by atoms with Gasteiger partial charge < -0.3 is 50.2 Å². The summed E-state index contributed by atoms with van der Waals surface area (Å²) in [6.45, 7) is -3.01. The second kappa shape index (κ2) is 18.0. The van der Waals surface area contributed by atoms with E-state index in [1.165, 1.54) is 10.9 Å². The van der Waals surface area contributed by atoms with Crippen molar-refractivity contribution in [3.05, 3.63) is 78.9 Å². The molecule has 0 amide bonds. The molecule has 0 aliphatic carbocycles. The summed E-state index contributed by atoms with van der Waals surface area (Å²) in [7, 11) is -14.2. The van der Waals surface area contributed by atoms with Gasteiger partial charge in [-0.2, -0.15) is 0 Å². The largest absolute Gasteiger partial charge is 0.694 e. The minimum Gasteiger partial charge on any atom is -0.387 e. The number of phosphoric acid groups is 2. The summed E-state index contributed by atoms with van der Waals surface area (Å²) in [6, 6.07) is 1.73. The molecule has 0 saturated carbocycles. The van der Waals surface area contributed by atoms with Crippen molar-refractivity contribution in [2.24, 2.45) is 0 Å². The van der Waals surface area contributed by atoms with E-state index >= 15 is 0 Å². The van der Waals surface area contributed by atoms with Crippen LogP contribution in [0.15, 0.2) is 56.4 Å². The topological polar surface area (TPSA) is 446 Å². The fourth-order valence-corrected chi connectivity index (χ4v) is 8.88. The van der Waals surface area contributed by atoms with Gasteiger partial charge in [-0.15, -0.1) is 9.42 Å². The van der Waals surface area contributed by atoms with E-state index in [1.54, 1.807) is 0 Å². The molecule has 11 N–H and O–H groups in total. The Morgan fingerprint density at radius 2 is 1.19 bits per heavy atom. The van der Waals surface area contributed by atoms with E-state index in [2.05, 4.69) is 19.5 Å². The Hall–Kier alpha value is -4.33. The Bertz CT molecular complexity index is 2640. The molecular weight excluding hydrogens is 907 g/mol. The van der Waals surface area contributed by atoms with Gasteiger partial charge in [0.2, 0.25) is 0 Å². The lowest BCUT2D eigenvalue weighted by Gasteiger charge is -2.25. The van der Waals surface area contributed by atoms with E-state index in [-0.39, 0.29) is 17.0 Å². The highest BCUT2D eigenvalue weighted by Crippen LogP contribution is 2.52. The lowest BCUT2D eigenvalue weighted by atomic mass is 10.1. The number of hydrogen-bond acceptors (Lipinski definition) is 23. The molecule has 34 heteroatoms. The number of nitrogen functional groups attached to an aromatic ring is 1. The Labute approximate surface area is 342 Å². The molecule has 0 spiro atoms. The zero-order chi connectivity index (χ0) is 44.8. The number of hydrogen-bond donors (Lipinski definition) is 10. The number of fused-ring (bicyclic) bond motifs is 1. The SMILES string of the molecule is Nc1ncnc2c1ncn2[C@@H]1O[C@H](COP(=O)(O)O[C@H]2[C@@H](O)[C@H](n3ccc(=O)[nH]c3=O)O[C@@H]2COP(=O)(O)O[C@H]2[C@@H](O)[C@H](n3ccc(=O)[nH]c3=O)O[C@@H]2CO[P+](=O)O)[C@@H](O)[C@H]1O. The van der Waals surface area contributed by atoms with Crippen LogP contribution in [0.5, 0.6) is 0 Å². The number of aliphatic hydroxyl groups is 4. The summed E-state index contributed by atoms with van der Waals surface area (Å²) in [6.07, 6.45) is -17.6. The first-order valence-electron chi connectivity index (χ1n) is 17.6. The highest BCUT2D eigenvalue weighted by atomic mass is 31.2. The molecule has 3 saturated heterocycles. The molecular formula is C28H35N9O22P3+. The molecule has 4 aromatic heterocycles. The fraction of sp³-hybridized carbons (Fsp3) is 0.536. The van der Waals surface area contributed by atoms with Crippen LogP contribution < -0.4 is 28.2 Å². The normalized spacial score (nSPS) is 32.2. The molecule has 3 aliphatic rings. The standard InChI is InChI=1S/C28H34N9O22P3/c29-22-15-23(31-8-30-22)37(9-32-15)24-17(41)16(40)10(55-24)6-53-61(48,49)59-21-12(57-26(19(21)43)36-4-2-14(39)34-28(36)45)7-54-62(50,51)58-20-11(5-52-60(46)47)56-25(18(20)42)35-3-1-13(38)33-27(35)44/h1-4,8-12,16-21,24-26,40-43H,5-7H2,(H6-,29,30,31,33,34,38,39,44,45,46,47,48,49,50,51)/p+1/t10-,11-,12-,16-,17-,18-,19-,20-,21-,24-,25-,26-/m1/s1. The van der Waals surface area contributed by atoms with Gasteiger partial charge in [-0.25, -0.2) is 33.7 Å². The molecule has 3 unspecified atom stereocenters. The van der Waals surface area contributed by atoms with Crippen molar-refractivity contribution in [1.29, 1.82) is 0 Å². The lowest BCUT2D eigenvalue weighted by molar-refractivity contribution is -0.0629. The Balaban J connectivity index is 1.06. The molecule has 3 aliphatic heterocycles. The number of nitrogens with one attached hydrogen (secondary N) is 2. The van der Waals surface area contributed by atoms with Crippen molar-refractivity contribution in [3.63, 3.8) is 0 Å². The van der Waals surface area contributed by atoms with E-state index in [0.29, 0.717) is 9.13 Å². The van der Waals surface area contributed by atoms with Crippen molar-refractivity contribution in [2.75, 3.05) is 25.6 Å². The number of nitrogens with two attached hydrogens (primary N) is 1. The Morgan fingerprint density at radius 3 is 1.71 bits per heavy atom. The monoisotopic (exact) mass is 942 g/mol. The maximum atomic E-state index is 13.4. The van der Waals surface area contributed by atoms with Gasteiger partial charge in [0.1, 0.15) is 73.4 Å². The van der Waals surface area contributed by atoms with Crippen LogP contribution in [-0.4, -0.2) is 148 Å². The Morgan fingerprint density at radius 1 is 0.710 bits per heavy atom. The molecule has 3 fully saturated rings. The molecule has 7 heterocycles. The summed E-state index contributed by atoms with van der Waals surface area (Å²) < 4.78 is 82.3. The van der Waals surface area contributed by atoms with Crippen LogP contribution in [0.2, 0.25) is 0 Å². The first kappa shape index (κ1) is 45.7. The number of H-pyrrole nitrogens is 2. The van der Waals surface area contributed by atoms with Gasteiger partial charge in [-0.05, 0) is 0 Å². The number of aromatic amines is 2. The summed E-state index contributed by atoms with van der Waals surface area (Å²) in [5.74, 6) is 0.000443. The molecule has 4 aromatic rings. The number of nitrogens with zero attached hydrogens (tertiary/aromatic N) is 6. The Kier molecular flexibility index (Phi) is 13.3. The lowest BCUT2D eigenvalue weighted by Crippen LogP contribution is -2.39. The number of imidazole rings is 1.